The Balaban J connectivity index is 1.04. The Bertz CT molecular complexity index is 6080. The minimum absolute atomic E-state index is 0.0767. The first kappa shape index (κ1) is 109. The molecule has 0 aliphatic carbocycles. The van der Waals surface area contributed by atoms with Gasteiger partial charge in [0, 0.05) is 49.6 Å². The van der Waals surface area contributed by atoms with E-state index in [-0.39, 0.29) is 59.8 Å². The van der Waals surface area contributed by atoms with Crippen LogP contribution in [0.15, 0.2) is 127 Å². The first-order valence-corrected chi connectivity index (χ1v) is 48.4. The maximum Gasteiger partial charge on any atom is 0.262 e. The Hall–Kier alpha value is -13.2. The molecule has 147 heavy (non-hydrogen) atoms. The van der Waals surface area contributed by atoms with Crippen molar-refractivity contribution in [1.29, 1.82) is 0 Å². The molecule has 28 N–H and O–H groups in total. The Morgan fingerprint density at radius 3 is 1.77 bits per heavy atom. The zero-order valence-electron chi connectivity index (χ0n) is 80.1. The van der Waals surface area contributed by atoms with E-state index in [0.29, 0.717) is 38.1 Å². The van der Waals surface area contributed by atoms with Crippen LogP contribution < -0.4 is 88.3 Å². The van der Waals surface area contributed by atoms with Gasteiger partial charge in [-0.2, -0.15) is 0 Å². The highest BCUT2D eigenvalue weighted by Crippen LogP contribution is 2.52. The monoisotopic (exact) mass is 2090 g/mol. The van der Waals surface area contributed by atoms with Crippen LogP contribution in [0.25, 0.3) is 11.1 Å². The second-order valence-electron chi connectivity index (χ2n) is 37.4. The van der Waals surface area contributed by atoms with E-state index < -0.39 is 333 Å². The Morgan fingerprint density at radius 2 is 1.12 bits per heavy atom. The maximum atomic E-state index is 17.3. The molecule has 792 valence electrons. The molecule has 9 aliphatic rings. The van der Waals surface area contributed by atoms with Gasteiger partial charge in [0.25, 0.3) is 6.29 Å². The molecular weight excluding hydrogens is 1970 g/mol. The molecule has 17 bridgehead atoms. The molecule has 0 saturated carbocycles. The third-order valence-electron chi connectivity index (χ3n) is 25.8. The molecule has 9 heterocycles. The normalized spacial score (nSPS) is 26.4. The second-order valence-corrected chi connectivity index (χ2v) is 38.2. The molecule has 7 aromatic carbocycles. The van der Waals surface area contributed by atoms with E-state index in [1.165, 1.54) is 24.3 Å². The number of hydrogen-bond acceptors (Lipinski definition) is 36. The maximum absolute atomic E-state index is 17.3. The smallest absolute Gasteiger partial charge is 0.262 e. The number of amides is 10. The standard InChI is InChI=1S/C99H119Cl2N13O33/c1-42(2)13-8-6-7-9-15-70(123)107-78-84(128)81(125)68(40-116)144-98(78)147-88-65-34-49-35-66(88)141-62-23-19-47(32-56(62)101)87(146-97-77(105-43(3)118)83(127)80(124)67(39-115)143-97)79-96(138)112-76(91(133)104-25-12-26-114(4)5)54-37-51(120)38-64(142-99-86(130)85(129)82(126)69(41-117)145-99)71(54)53-31-45(17-20-59(53)121)72(93(135)113-79)110-95(137)75(49)111-94(136)74-48-29-50(119)36-52(30-48)139-63-33-46(18-21-60(63)122)73(108-89(131)57(103)14-10-11-24-102)92(134)106-58(90(132)109-74)28-44-16-22-61(140-65)55(100)27-44/h16-23,27,29-38,42,57-58,67-69,72-84,87,97-99,115-117,119-122,124-130H,6-15,24-26,28,39-41,102-103H2,1-5H3,(H,104,133)(H,105,118)(H,106,134)(H,107,123)(H,108,131)(H,109,132)(H,110,137)(H,111,136)(H,112,138)(H,113,135)/t57-,58+,67+,68+,69+,72+,73+,74-,75+,76-,77+,78+,79-,80+,81+,82+,83+,84+,87+,97-,98-,99-/m0/s1. The summed E-state index contributed by atoms with van der Waals surface area (Å²) in [5.41, 5.74) is 8.60. The number of ether oxygens (including phenoxy) is 9. The summed E-state index contributed by atoms with van der Waals surface area (Å²) in [6.07, 6.45) is -20.8. The largest absolute Gasteiger partial charge is 0.508 e. The van der Waals surface area contributed by atoms with Crippen LogP contribution in [0.1, 0.15) is 160 Å². The summed E-state index contributed by atoms with van der Waals surface area (Å²) in [6, 6.07) is -0.385. The summed E-state index contributed by atoms with van der Waals surface area (Å²) in [7, 11) is 3.46. The lowest BCUT2D eigenvalue weighted by molar-refractivity contribution is -0.284. The number of aliphatic hydroxyl groups is 10. The molecule has 2 saturated heterocycles. The number of fused-ring (bicyclic) bond motifs is 14. The van der Waals surface area contributed by atoms with Gasteiger partial charge in [0.2, 0.25) is 76.9 Å². The van der Waals surface area contributed by atoms with Crippen LogP contribution in [0.5, 0.6) is 69.0 Å². The molecule has 22 atom stereocenters. The summed E-state index contributed by atoms with van der Waals surface area (Å²) in [5, 5.41) is 187. The van der Waals surface area contributed by atoms with Crippen molar-refractivity contribution in [3.8, 4) is 80.1 Å². The number of rotatable bonds is 29. The molecule has 0 radical (unpaired) electrons. The number of nitrogens with one attached hydrogen (secondary N) is 10. The lowest BCUT2D eigenvalue weighted by Gasteiger charge is -2.44. The second kappa shape index (κ2) is 48.2. The molecule has 0 unspecified atom stereocenters. The number of aromatic hydroxyl groups is 4. The van der Waals surface area contributed by atoms with Crippen LogP contribution in [0.3, 0.4) is 0 Å². The fourth-order valence-corrected chi connectivity index (χ4v) is 18.5. The number of benzene rings is 7. The molecule has 2 fully saturated rings. The molecule has 9 aliphatic heterocycles. The Labute approximate surface area is 850 Å². The molecule has 10 amide bonds. The minimum Gasteiger partial charge on any atom is -0.508 e. The number of carbonyl (C=O) groups excluding carboxylic acids is 10. The lowest BCUT2D eigenvalue weighted by atomic mass is 9.89. The van der Waals surface area contributed by atoms with Crippen LogP contribution in [0, 0.1) is 5.92 Å². The van der Waals surface area contributed by atoms with Gasteiger partial charge in [-0.3, -0.25) is 47.9 Å². The SMILES string of the molecule is CC(=O)N[C@H]1[C@H](O[C@@H]2c3ccc(c(Cl)c3)Oc3cc4cc(c3O[C@@H]3O[C@H](CO)[C@@H](O)[C@H](O)[C@H]3NC(=O)CCCCCCC(C)C)Oc3ccc(cc3Cl)C[C@H]3NC(=O)[C@H](NC(=O)[C@@H](N)CCCCN)c5ccc(O)c(c5)Oc5cc(O)cc(c5)[C@H](NC3=O)C(=O)N[C@H]4C(=O)N[C@H]3C(=O)N[C@@H]2C(=O)N[C@H](C(=O)NCCCN(C)C)c2cc(O)cc(O[C@H]4O[C@H](CO)[C@@H](O)C(O)=C4O)c2-c2cc3ccc2O)O[C@H](CO)[C@@H](O)[C@@H]1O. The topological polar surface area (TPSA) is 713 Å². The lowest BCUT2D eigenvalue weighted by Crippen LogP contribution is -2.65. The molecule has 46 nitrogen and oxygen atoms in total. The third kappa shape index (κ3) is 25.6. The third-order valence-corrected chi connectivity index (χ3v) is 26.4. The van der Waals surface area contributed by atoms with Gasteiger partial charge in [0.15, 0.2) is 35.0 Å². The van der Waals surface area contributed by atoms with E-state index in [4.69, 9.17) is 77.3 Å². The van der Waals surface area contributed by atoms with Gasteiger partial charge in [-0.1, -0.05) is 93.4 Å². The highest BCUT2D eigenvalue weighted by atomic mass is 35.5. The number of phenolic OH excluding ortho intramolecular Hbond substituents is 4. The first-order valence-electron chi connectivity index (χ1n) is 47.7. The van der Waals surface area contributed by atoms with Crippen LogP contribution in [-0.4, -0.2) is 287 Å². The minimum atomic E-state index is -2.56. The van der Waals surface area contributed by atoms with Gasteiger partial charge in [0.1, 0.15) is 150 Å². The van der Waals surface area contributed by atoms with Crippen LogP contribution >= 0.6 is 23.2 Å². The highest BCUT2D eigenvalue weighted by Gasteiger charge is 2.52. The summed E-state index contributed by atoms with van der Waals surface area (Å²) in [5.74, 6) is -21.8. The summed E-state index contributed by atoms with van der Waals surface area (Å²) in [6.45, 7) is 2.35. The fourth-order valence-electron chi connectivity index (χ4n) is 18.0. The van der Waals surface area contributed by atoms with Crippen molar-refractivity contribution in [1.82, 2.24) is 58.1 Å². The van der Waals surface area contributed by atoms with Crippen LogP contribution in [0.4, 0.5) is 0 Å². The predicted octanol–water partition coefficient (Wildman–Crippen LogP) is 2.22. The van der Waals surface area contributed by atoms with Crippen molar-refractivity contribution in [3.63, 3.8) is 0 Å². The van der Waals surface area contributed by atoms with Gasteiger partial charge < -0.3 is 184 Å². The van der Waals surface area contributed by atoms with E-state index in [9.17, 15) is 85.9 Å². The van der Waals surface area contributed by atoms with Crippen molar-refractivity contribution in [2.75, 3.05) is 53.6 Å². The molecule has 16 rings (SSSR count). The van der Waals surface area contributed by atoms with E-state index >= 15 is 33.6 Å². The van der Waals surface area contributed by atoms with E-state index in [1.807, 2.05) is 0 Å². The molecule has 0 aromatic heterocycles. The summed E-state index contributed by atoms with van der Waals surface area (Å²) < 4.78 is 58.4. The number of aliphatic hydroxyl groups excluding tert-OH is 10. The van der Waals surface area contributed by atoms with Crippen molar-refractivity contribution >= 4 is 82.3 Å². The van der Waals surface area contributed by atoms with Gasteiger partial charge in [0.05, 0.1) is 35.9 Å². The number of nitrogens with zero attached hydrogens (tertiary/aromatic N) is 1. The number of unbranched alkanes of at least 4 members (excludes halogenated alkanes) is 4. The van der Waals surface area contributed by atoms with Crippen molar-refractivity contribution < 1.29 is 162 Å². The molecule has 0 spiro atoms. The number of carbonyl (C=O) groups is 10. The number of nitrogens with two attached hydrogens (primary N) is 2. The van der Waals surface area contributed by atoms with Crippen molar-refractivity contribution in [2.45, 2.75) is 226 Å². The molecular formula is C99H119Cl2N13O33. The van der Waals surface area contributed by atoms with Gasteiger partial charge in [-0.05, 0) is 177 Å². The van der Waals surface area contributed by atoms with E-state index in [2.05, 4.69) is 67.0 Å². The molecule has 48 heteroatoms. The quantitative estimate of drug-likeness (QED) is 0.0299. The number of hydrogen-bond donors (Lipinski definition) is 26. The Morgan fingerprint density at radius 1 is 0.531 bits per heavy atom. The van der Waals surface area contributed by atoms with E-state index in [1.54, 1.807) is 19.0 Å². The average Bonchev–Trinajstić information content (AvgIpc) is 0.752. The number of phenols is 4. The average molecular weight is 2090 g/mol. The van der Waals surface area contributed by atoms with Crippen LogP contribution in [-0.2, 0) is 73.3 Å². The zero-order chi connectivity index (χ0) is 106. The molecule has 7 aromatic rings. The summed E-state index contributed by atoms with van der Waals surface area (Å²) >= 11 is 15.0. The van der Waals surface area contributed by atoms with E-state index in [0.717, 1.165) is 117 Å². The van der Waals surface area contributed by atoms with Gasteiger partial charge >= 0.3 is 0 Å². The zero-order valence-corrected chi connectivity index (χ0v) is 81.7. The summed E-state index contributed by atoms with van der Waals surface area (Å²) in [4.78, 5) is 159. The predicted molar refractivity (Wildman–Crippen MR) is 517 cm³/mol. The highest BCUT2D eigenvalue weighted by molar-refractivity contribution is 6.32. The van der Waals surface area contributed by atoms with Gasteiger partial charge in [-0.25, -0.2) is 0 Å². The Kier molecular flexibility index (Phi) is 35.9. The van der Waals surface area contributed by atoms with Crippen molar-refractivity contribution in [3.05, 3.63) is 176 Å². The fraction of sp³-hybridized carbons (Fsp3) is 0.455. The first-order chi connectivity index (χ1) is 70.1. The number of halogens is 2. The van der Waals surface area contributed by atoms with Crippen LogP contribution in [0.2, 0.25) is 10.0 Å². The van der Waals surface area contributed by atoms with Crippen molar-refractivity contribution in [2.24, 2.45) is 17.4 Å². The van der Waals surface area contributed by atoms with Gasteiger partial charge in [-0.15, -0.1) is 0 Å².